The predicted molar refractivity (Wildman–Crippen MR) is 94.8 cm³/mol. The number of nitrogens with zero attached hydrogens (tertiary/aromatic N) is 2. The fourth-order valence-electron chi connectivity index (χ4n) is 3.73. The Hall–Kier alpha value is -2.66. The Morgan fingerprint density at radius 2 is 1.56 bits per heavy atom. The highest BCUT2D eigenvalue weighted by molar-refractivity contribution is 6.21. The molecule has 2 amide bonds. The highest BCUT2D eigenvalue weighted by Crippen LogP contribution is 2.27. The Kier molecular flexibility index (Phi) is 4.01. The third kappa shape index (κ3) is 2.81. The van der Waals surface area contributed by atoms with E-state index < -0.39 is 6.10 Å². The zero-order chi connectivity index (χ0) is 17.4. The number of imide groups is 1. The molecule has 25 heavy (non-hydrogen) atoms. The van der Waals surface area contributed by atoms with Crippen LogP contribution < -0.4 is 4.90 Å². The van der Waals surface area contributed by atoms with Gasteiger partial charge in [-0.05, 0) is 36.6 Å². The molecule has 1 N–H and O–H groups in total. The number of carbonyl (C=O) groups is 2. The lowest BCUT2D eigenvalue weighted by atomic mass is 10.0. The summed E-state index contributed by atoms with van der Waals surface area (Å²) in [5, 5.41) is 10.5. The molecule has 0 aliphatic carbocycles. The van der Waals surface area contributed by atoms with Crippen LogP contribution >= 0.6 is 0 Å². The molecule has 0 spiro atoms. The minimum Gasteiger partial charge on any atom is -0.389 e. The molecule has 0 bridgehead atoms. The molecule has 5 heteroatoms. The van der Waals surface area contributed by atoms with Crippen molar-refractivity contribution >= 4 is 17.5 Å². The molecule has 1 atom stereocenters. The van der Waals surface area contributed by atoms with Crippen LogP contribution in [-0.2, 0) is 6.42 Å². The molecule has 5 nitrogen and oxygen atoms in total. The van der Waals surface area contributed by atoms with Gasteiger partial charge in [0.1, 0.15) is 0 Å². The SMILES string of the molecule is O=C1c2ccccc2C(=O)N1CC(O)CN1CCCc2ccccc21. The average molecular weight is 336 g/mol. The Labute approximate surface area is 146 Å². The topological polar surface area (TPSA) is 60.9 Å². The molecule has 0 saturated carbocycles. The zero-order valence-electron chi connectivity index (χ0n) is 13.9. The van der Waals surface area contributed by atoms with Gasteiger partial charge in [-0.25, -0.2) is 0 Å². The summed E-state index contributed by atoms with van der Waals surface area (Å²) in [4.78, 5) is 28.1. The highest BCUT2D eigenvalue weighted by Gasteiger charge is 2.36. The Morgan fingerprint density at radius 1 is 0.920 bits per heavy atom. The van der Waals surface area contributed by atoms with Crippen molar-refractivity contribution in [3.63, 3.8) is 0 Å². The van der Waals surface area contributed by atoms with E-state index in [0.717, 1.165) is 30.0 Å². The molecule has 2 aliphatic heterocycles. The van der Waals surface area contributed by atoms with E-state index in [9.17, 15) is 14.7 Å². The number of β-amino-alcohol motifs (C(OH)–C–C–N with tert-alkyl or cyclic N) is 1. The maximum Gasteiger partial charge on any atom is 0.261 e. The fraction of sp³-hybridized carbons (Fsp3) is 0.300. The monoisotopic (exact) mass is 336 g/mol. The quantitative estimate of drug-likeness (QED) is 0.869. The lowest BCUT2D eigenvalue weighted by molar-refractivity contribution is 0.0551. The van der Waals surface area contributed by atoms with E-state index in [4.69, 9.17) is 0 Å². The number of hydrogen-bond acceptors (Lipinski definition) is 4. The zero-order valence-corrected chi connectivity index (χ0v) is 13.9. The first-order valence-corrected chi connectivity index (χ1v) is 8.61. The first kappa shape index (κ1) is 15.8. The lowest BCUT2D eigenvalue weighted by Gasteiger charge is -2.33. The number of amides is 2. The van der Waals surface area contributed by atoms with Gasteiger partial charge in [0.25, 0.3) is 11.8 Å². The van der Waals surface area contributed by atoms with Gasteiger partial charge in [-0.3, -0.25) is 14.5 Å². The van der Waals surface area contributed by atoms with Crippen molar-refractivity contribution < 1.29 is 14.7 Å². The van der Waals surface area contributed by atoms with Gasteiger partial charge in [-0.1, -0.05) is 30.3 Å². The molecule has 2 aliphatic rings. The number of anilines is 1. The Morgan fingerprint density at radius 3 is 2.28 bits per heavy atom. The van der Waals surface area contributed by atoms with Crippen molar-refractivity contribution in [2.24, 2.45) is 0 Å². The highest BCUT2D eigenvalue weighted by atomic mass is 16.3. The molecule has 0 fully saturated rings. The van der Waals surface area contributed by atoms with Gasteiger partial charge in [-0.2, -0.15) is 0 Å². The normalized spacial score (nSPS) is 17.5. The van der Waals surface area contributed by atoms with Crippen LogP contribution in [0.3, 0.4) is 0 Å². The first-order valence-electron chi connectivity index (χ1n) is 8.61. The van der Waals surface area contributed by atoms with E-state index >= 15 is 0 Å². The number of aliphatic hydroxyl groups excluding tert-OH is 1. The second kappa shape index (κ2) is 6.33. The molecule has 0 radical (unpaired) electrons. The number of hydrogen-bond donors (Lipinski definition) is 1. The fourth-order valence-corrected chi connectivity index (χ4v) is 3.73. The van der Waals surface area contributed by atoms with Crippen LogP contribution in [-0.4, -0.2) is 47.6 Å². The summed E-state index contributed by atoms with van der Waals surface area (Å²) in [5.41, 5.74) is 3.25. The third-order valence-corrected chi connectivity index (χ3v) is 4.91. The maximum atomic E-state index is 12.4. The molecule has 2 aromatic carbocycles. The number of aliphatic hydroxyl groups is 1. The maximum absolute atomic E-state index is 12.4. The Bertz CT molecular complexity index is 798. The van der Waals surface area contributed by atoms with Crippen molar-refractivity contribution in [1.29, 1.82) is 0 Å². The molecule has 2 aromatic rings. The van der Waals surface area contributed by atoms with Crippen LogP contribution in [0.1, 0.15) is 32.7 Å². The van der Waals surface area contributed by atoms with Gasteiger partial charge in [0.05, 0.1) is 23.8 Å². The van der Waals surface area contributed by atoms with Gasteiger partial charge in [0.2, 0.25) is 0 Å². The number of fused-ring (bicyclic) bond motifs is 2. The van der Waals surface area contributed by atoms with Crippen molar-refractivity contribution in [1.82, 2.24) is 4.90 Å². The van der Waals surface area contributed by atoms with E-state index in [1.54, 1.807) is 24.3 Å². The molecular formula is C20H20N2O3. The van der Waals surface area contributed by atoms with Gasteiger partial charge >= 0.3 is 0 Å². The summed E-state index contributed by atoms with van der Waals surface area (Å²) in [6, 6.07) is 15.0. The molecule has 4 rings (SSSR count). The molecule has 0 aromatic heterocycles. The number of carbonyl (C=O) groups excluding carboxylic acids is 2. The van der Waals surface area contributed by atoms with Crippen LogP contribution in [0.2, 0.25) is 0 Å². The second-order valence-corrected chi connectivity index (χ2v) is 6.60. The smallest absolute Gasteiger partial charge is 0.261 e. The van der Waals surface area contributed by atoms with Crippen LogP contribution in [0.4, 0.5) is 5.69 Å². The van der Waals surface area contributed by atoms with Gasteiger partial charge in [0.15, 0.2) is 0 Å². The van der Waals surface area contributed by atoms with Crippen molar-refractivity contribution in [2.75, 3.05) is 24.5 Å². The van der Waals surface area contributed by atoms with Crippen LogP contribution in [0.5, 0.6) is 0 Å². The number of aryl methyl sites for hydroxylation is 1. The van der Waals surface area contributed by atoms with E-state index in [2.05, 4.69) is 17.0 Å². The summed E-state index contributed by atoms with van der Waals surface area (Å²) in [7, 11) is 0. The minimum absolute atomic E-state index is 0.0189. The summed E-state index contributed by atoms with van der Waals surface area (Å²) in [6.07, 6.45) is 1.30. The number of rotatable bonds is 4. The Balaban J connectivity index is 1.47. The van der Waals surface area contributed by atoms with Gasteiger partial charge in [-0.15, -0.1) is 0 Å². The van der Waals surface area contributed by atoms with Crippen molar-refractivity contribution in [3.8, 4) is 0 Å². The van der Waals surface area contributed by atoms with E-state index in [1.165, 1.54) is 5.56 Å². The van der Waals surface area contributed by atoms with Gasteiger partial charge < -0.3 is 10.0 Å². The second-order valence-electron chi connectivity index (χ2n) is 6.60. The van der Waals surface area contributed by atoms with E-state index in [0.29, 0.717) is 17.7 Å². The van der Waals surface area contributed by atoms with E-state index in [1.807, 2.05) is 12.1 Å². The largest absolute Gasteiger partial charge is 0.389 e. The summed E-state index contributed by atoms with van der Waals surface area (Å²) < 4.78 is 0. The molecule has 2 heterocycles. The summed E-state index contributed by atoms with van der Waals surface area (Å²) in [5.74, 6) is -0.641. The van der Waals surface area contributed by atoms with Crippen LogP contribution in [0, 0.1) is 0 Å². The minimum atomic E-state index is -0.784. The first-order chi connectivity index (χ1) is 12.1. The molecule has 0 saturated heterocycles. The number of benzene rings is 2. The molecule has 128 valence electrons. The number of para-hydroxylation sites is 1. The van der Waals surface area contributed by atoms with Crippen LogP contribution in [0.15, 0.2) is 48.5 Å². The lowest BCUT2D eigenvalue weighted by Crippen LogP contribution is -2.43. The average Bonchev–Trinajstić information content (AvgIpc) is 2.87. The predicted octanol–water partition coefficient (Wildman–Crippen LogP) is 2.10. The van der Waals surface area contributed by atoms with Crippen molar-refractivity contribution in [2.45, 2.75) is 18.9 Å². The summed E-state index contributed by atoms with van der Waals surface area (Å²) >= 11 is 0. The standard InChI is InChI=1S/C20H20N2O3/c23-15(12-21-11-5-7-14-6-1-4-10-18(14)21)13-22-19(24)16-8-2-3-9-17(16)20(22)25/h1-4,6,8-10,15,23H,5,7,11-13H2. The molecular weight excluding hydrogens is 316 g/mol. The van der Waals surface area contributed by atoms with Gasteiger partial charge in [0, 0.05) is 18.8 Å². The summed E-state index contributed by atoms with van der Waals surface area (Å²) in [6.45, 7) is 1.30. The van der Waals surface area contributed by atoms with Crippen LogP contribution in [0.25, 0.3) is 0 Å². The third-order valence-electron chi connectivity index (χ3n) is 4.91. The van der Waals surface area contributed by atoms with Crippen molar-refractivity contribution in [3.05, 3.63) is 65.2 Å². The molecule has 1 unspecified atom stereocenters. The van der Waals surface area contributed by atoms with E-state index in [-0.39, 0.29) is 18.4 Å².